The number of anilines is 2. The highest BCUT2D eigenvalue weighted by Crippen LogP contribution is 2.57. The Labute approximate surface area is 284 Å². The Morgan fingerprint density at radius 3 is 2.66 bits per heavy atom. The van der Waals surface area contributed by atoms with Crippen LogP contribution in [-0.4, -0.2) is 26.9 Å². The Hall–Kier alpha value is -3.99. The lowest BCUT2D eigenvalue weighted by Gasteiger charge is -2.38. The molecule has 10 rings (SSSR count). The molecule has 0 spiro atoms. The van der Waals surface area contributed by atoms with Crippen LogP contribution in [0.1, 0.15) is 42.7 Å². The Bertz CT molecular complexity index is 2000. The average molecular weight is 644 g/mol. The van der Waals surface area contributed by atoms with Crippen LogP contribution in [0, 0.1) is 11.8 Å². The molecule has 0 bridgehead atoms. The fourth-order valence-electron chi connectivity index (χ4n) is 9.57. The van der Waals surface area contributed by atoms with Crippen molar-refractivity contribution in [1.29, 1.82) is 0 Å². The predicted molar refractivity (Wildman–Crippen MR) is 201 cm³/mol. The topological polar surface area (TPSA) is 6.48 Å². The molecule has 3 aliphatic heterocycles. The zero-order valence-corrected chi connectivity index (χ0v) is 28.6. The van der Waals surface area contributed by atoms with E-state index in [2.05, 4.69) is 150 Å². The van der Waals surface area contributed by atoms with Crippen LogP contribution in [0.3, 0.4) is 0 Å². The number of para-hydroxylation sites is 1. The van der Waals surface area contributed by atoms with E-state index in [-0.39, 0.29) is 0 Å². The SMILES string of the molecule is C[Si]1C2=CCC3C(=C2c2ccc(N(C4=CC5C(C=C4)C4C=CCCC4N5c4ccccc4)C4C=CC=CC4)cc21)Sc1ccccc13. The third kappa shape index (κ3) is 4.30. The molecule has 3 aromatic carbocycles. The second-order valence-corrected chi connectivity index (χ2v) is 17.4. The highest BCUT2D eigenvalue weighted by molar-refractivity contribution is 8.03. The molecule has 6 atom stereocenters. The van der Waals surface area contributed by atoms with Gasteiger partial charge in [-0.2, -0.15) is 0 Å². The molecule has 1 saturated heterocycles. The molecule has 231 valence electrons. The molecule has 47 heavy (non-hydrogen) atoms. The van der Waals surface area contributed by atoms with Gasteiger partial charge in [0, 0.05) is 50.7 Å². The molecule has 0 saturated carbocycles. The molecule has 2 nitrogen and oxygen atoms in total. The van der Waals surface area contributed by atoms with Gasteiger partial charge in [0.1, 0.15) is 8.80 Å². The molecule has 4 heteroatoms. The number of nitrogens with zero attached hydrogens (tertiary/aromatic N) is 2. The van der Waals surface area contributed by atoms with Crippen molar-refractivity contribution in [2.24, 2.45) is 11.8 Å². The average Bonchev–Trinajstić information content (AvgIpc) is 3.76. The first-order valence-corrected chi connectivity index (χ1v) is 20.3. The van der Waals surface area contributed by atoms with Crippen molar-refractivity contribution in [1.82, 2.24) is 0 Å². The molecule has 0 aromatic heterocycles. The zero-order chi connectivity index (χ0) is 31.1. The van der Waals surface area contributed by atoms with Gasteiger partial charge in [0.25, 0.3) is 0 Å². The van der Waals surface area contributed by atoms with Crippen LogP contribution in [0.5, 0.6) is 0 Å². The van der Waals surface area contributed by atoms with Gasteiger partial charge in [-0.05, 0) is 90.1 Å². The molecule has 4 aliphatic carbocycles. The van der Waals surface area contributed by atoms with Crippen LogP contribution in [0.15, 0.2) is 154 Å². The zero-order valence-electron chi connectivity index (χ0n) is 26.8. The lowest BCUT2D eigenvalue weighted by Crippen LogP contribution is -2.40. The molecule has 7 aliphatic rings. The van der Waals surface area contributed by atoms with E-state index in [0.717, 1.165) is 12.8 Å². The van der Waals surface area contributed by atoms with E-state index in [0.29, 0.717) is 35.9 Å². The largest absolute Gasteiger partial charge is 0.361 e. The van der Waals surface area contributed by atoms with Crippen LogP contribution in [-0.2, 0) is 0 Å². The monoisotopic (exact) mass is 643 g/mol. The van der Waals surface area contributed by atoms with Crippen molar-refractivity contribution in [2.45, 2.75) is 61.2 Å². The first-order valence-electron chi connectivity index (χ1n) is 17.5. The maximum absolute atomic E-state index is 2.76. The number of allylic oxidation sites excluding steroid dienone is 8. The normalized spacial score (nSPS) is 29.5. The van der Waals surface area contributed by atoms with Crippen molar-refractivity contribution < 1.29 is 0 Å². The first kappa shape index (κ1) is 28.1. The predicted octanol–water partition coefficient (Wildman–Crippen LogP) is 9.49. The highest BCUT2D eigenvalue weighted by atomic mass is 32.2. The van der Waals surface area contributed by atoms with Gasteiger partial charge in [-0.25, -0.2) is 0 Å². The standard InChI is InChI=1S/C43H39N2SSi/c1-47-40-25-24-35-34-17-9-11-19-39(34)46-43(35)42(40)36-23-21-31(27-41(36)47)44(28-12-4-2-5-13-28)30-20-22-33-32-16-8-10-18-37(32)45(38(33)26-30)29-14-6-3-7-15-29/h2-9,11-12,14-17,19-23,25-28,32-33,35,37-38H,10,13,18,24H2,1H3. The summed E-state index contributed by atoms with van der Waals surface area (Å²) in [4.78, 5) is 8.46. The summed E-state index contributed by atoms with van der Waals surface area (Å²) < 4.78 is 0. The minimum absolute atomic E-state index is 0.293. The van der Waals surface area contributed by atoms with Crippen molar-refractivity contribution in [3.8, 4) is 0 Å². The fraction of sp³-hybridized carbons (Fsp3) is 0.256. The van der Waals surface area contributed by atoms with Crippen LogP contribution in [0.2, 0.25) is 6.55 Å². The minimum atomic E-state index is -0.846. The van der Waals surface area contributed by atoms with Crippen LogP contribution >= 0.6 is 11.8 Å². The van der Waals surface area contributed by atoms with Crippen LogP contribution in [0.25, 0.3) is 5.57 Å². The van der Waals surface area contributed by atoms with E-state index in [4.69, 9.17) is 0 Å². The number of hydrogen-bond donors (Lipinski definition) is 0. The summed E-state index contributed by atoms with van der Waals surface area (Å²) in [5, 5.41) is 3.22. The van der Waals surface area contributed by atoms with Crippen LogP contribution < -0.4 is 15.0 Å². The maximum atomic E-state index is 2.76. The van der Waals surface area contributed by atoms with Gasteiger partial charge < -0.3 is 9.80 Å². The number of thioether (sulfide) groups is 1. The van der Waals surface area contributed by atoms with Crippen molar-refractivity contribution in [3.05, 3.63) is 160 Å². The highest BCUT2D eigenvalue weighted by Gasteiger charge is 2.48. The van der Waals surface area contributed by atoms with Gasteiger partial charge in [0.2, 0.25) is 0 Å². The molecule has 0 amide bonds. The molecule has 1 fully saturated rings. The third-order valence-corrected chi connectivity index (χ3v) is 15.4. The summed E-state index contributed by atoms with van der Waals surface area (Å²) in [5.41, 5.74) is 8.60. The number of fused-ring (bicyclic) bond motifs is 9. The van der Waals surface area contributed by atoms with Crippen molar-refractivity contribution >= 4 is 42.7 Å². The molecule has 3 heterocycles. The summed E-state index contributed by atoms with van der Waals surface area (Å²) in [5.74, 6) is 1.59. The Balaban J connectivity index is 1.07. The van der Waals surface area contributed by atoms with Gasteiger partial charge in [-0.3, -0.25) is 0 Å². The fourth-order valence-corrected chi connectivity index (χ4v) is 13.4. The summed E-state index contributed by atoms with van der Waals surface area (Å²) in [6, 6.07) is 28.9. The Morgan fingerprint density at radius 1 is 0.872 bits per heavy atom. The summed E-state index contributed by atoms with van der Waals surface area (Å²) in [6.07, 6.45) is 28.9. The van der Waals surface area contributed by atoms with E-state index < -0.39 is 8.80 Å². The van der Waals surface area contributed by atoms with Gasteiger partial charge >= 0.3 is 0 Å². The molecule has 6 unspecified atom stereocenters. The number of benzene rings is 3. The number of rotatable bonds is 4. The summed E-state index contributed by atoms with van der Waals surface area (Å²) >= 11 is 2.03. The first-order chi connectivity index (χ1) is 23.2. The van der Waals surface area contributed by atoms with Crippen molar-refractivity contribution in [2.75, 3.05) is 9.80 Å². The second kappa shape index (κ2) is 11.0. The van der Waals surface area contributed by atoms with E-state index in [1.807, 2.05) is 11.8 Å². The second-order valence-electron chi connectivity index (χ2n) is 14.0. The smallest absolute Gasteiger partial charge is 0.119 e. The Kier molecular flexibility index (Phi) is 6.59. The van der Waals surface area contributed by atoms with Crippen LogP contribution in [0.4, 0.5) is 11.4 Å². The van der Waals surface area contributed by atoms with E-state index in [1.54, 1.807) is 20.9 Å². The van der Waals surface area contributed by atoms with E-state index >= 15 is 0 Å². The lowest BCUT2D eigenvalue weighted by molar-refractivity contribution is 0.457. The van der Waals surface area contributed by atoms with E-state index in [9.17, 15) is 0 Å². The van der Waals surface area contributed by atoms with Gasteiger partial charge in [0.05, 0.1) is 12.1 Å². The van der Waals surface area contributed by atoms with Gasteiger partial charge in [-0.1, -0.05) is 115 Å². The van der Waals surface area contributed by atoms with E-state index in [1.165, 1.54) is 45.9 Å². The quantitative estimate of drug-likeness (QED) is 0.207. The summed E-state index contributed by atoms with van der Waals surface area (Å²) in [7, 11) is -0.846. The van der Waals surface area contributed by atoms with Crippen molar-refractivity contribution in [3.63, 3.8) is 0 Å². The summed E-state index contributed by atoms with van der Waals surface area (Å²) in [6.45, 7) is 2.53. The molecule has 3 aromatic rings. The van der Waals surface area contributed by atoms with Gasteiger partial charge in [0.15, 0.2) is 0 Å². The molecule has 0 N–H and O–H groups in total. The number of hydrogen-bond acceptors (Lipinski definition) is 3. The molecular weight excluding hydrogens is 605 g/mol. The lowest BCUT2D eigenvalue weighted by atomic mass is 9.80. The van der Waals surface area contributed by atoms with Gasteiger partial charge in [-0.15, -0.1) is 0 Å². The third-order valence-electron chi connectivity index (χ3n) is 11.7. The molecular formula is C43H39N2SSi. The Morgan fingerprint density at radius 2 is 1.77 bits per heavy atom. The minimum Gasteiger partial charge on any atom is -0.361 e. The maximum Gasteiger partial charge on any atom is 0.119 e. The molecule has 1 radical (unpaired) electrons.